The van der Waals surface area contributed by atoms with Gasteiger partial charge < -0.3 is 10.2 Å². The molecule has 0 heterocycles. The van der Waals surface area contributed by atoms with Crippen LogP contribution in [0.2, 0.25) is 0 Å². The number of nitrogens with zero attached hydrogens (tertiary/aromatic N) is 1. The lowest BCUT2D eigenvalue weighted by molar-refractivity contribution is 0.404. The lowest BCUT2D eigenvalue weighted by Crippen LogP contribution is -2.26. The van der Waals surface area contributed by atoms with Crippen LogP contribution >= 0.6 is 0 Å². The van der Waals surface area contributed by atoms with Gasteiger partial charge in [0.15, 0.2) is 0 Å². The number of rotatable bonds is 5. The smallest absolute Gasteiger partial charge is 0.0135 e. The minimum absolute atomic E-state index is 0.990. The van der Waals surface area contributed by atoms with E-state index >= 15 is 0 Å². The van der Waals surface area contributed by atoms with Crippen LogP contribution in [0.3, 0.4) is 0 Å². The first-order chi connectivity index (χ1) is 4.77. The Balaban J connectivity index is 2.91. The number of hydrogen-bond donors (Lipinski definition) is 1. The second-order valence-corrected chi connectivity index (χ2v) is 2.58. The average molecular weight is 142 g/mol. The minimum atomic E-state index is 0.990. The Bertz CT molecular complexity index is 87.3. The molecule has 0 bridgehead atoms. The van der Waals surface area contributed by atoms with Crippen LogP contribution in [-0.2, 0) is 0 Å². The van der Waals surface area contributed by atoms with Crippen molar-refractivity contribution in [2.24, 2.45) is 0 Å². The van der Waals surface area contributed by atoms with E-state index in [1.807, 2.05) is 6.92 Å². The van der Waals surface area contributed by atoms with Crippen LogP contribution in [-0.4, -0.2) is 38.6 Å². The SMILES string of the molecule is C/C=C/CNCCN(C)C. The molecule has 1 N–H and O–H groups in total. The van der Waals surface area contributed by atoms with Crippen molar-refractivity contribution in [2.45, 2.75) is 6.92 Å². The third-order valence-electron chi connectivity index (χ3n) is 1.23. The second-order valence-electron chi connectivity index (χ2n) is 2.58. The summed E-state index contributed by atoms with van der Waals surface area (Å²) in [6, 6.07) is 0. The Labute approximate surface area is 63.9 Å². The molecule has 0 radical (unpaired) electrons. The molecule has 0 atom stereocenters. The van der Waals surface area contributed by atoms with Crippen LogP contribution in [0.1, 0.15) is 6.92 Å². The molecule has 60 valence electrons. The Morgan fingerprint density at radius 3 is 2.60 bits per heavy atom. The minimum Gasteiger partial charge on any atom is -0.312 e. The molecule has 0 aliphatic heterocycles. The molecule has 10 heavy (non-hydrogen) atoms. The molecule has 0 aromatic heterocycles. The fourth-order valence-corrected chi connectivity index (χ4v) is 0.606. The van der Waals surface area contributed by atoms with Crippen LogP contribution in [0.25, 0.3) is 0 Å². The van der Waals surface area contributed by atoms with E-state index in [0.717, 1.165) is 19.6 Å². The van der Waals surface area contributed by atoms with Gasteiger partial charge in [-0.15, -0.1) is 0 Å². The van der Waals surface area contributed by atoms with Gasteiger partial charge in [-0.2, -0.15) is 0 Å². The summed E-state index contributed by atoms with van der Waals surface area (Å²) in [4.78, 5) is 2.17. The van der Waals surface area contributed by atoms with Crippen LogP contribution < -0.4 is 5.32 Å². The van der Waals surface area contributed by atoms with Gasteiger partial charge in [0.05, 0.1) is 0 Å². The summed E-state index contributed by atoms with van der Waals surface area (Å²) in [6.07, 6.45) is 4.18. The molecule has 0 aliphatic rings. The molecular formula is C8H18N2. The summed E-state index contributed by atoms with van der Waals surface area (Å²) in [5.41, 5.74) is 0. The van der Waals surface area contributed by atoms with Gasteiger partial charge in [0, 0.05) is 19.6 Å². The van der Waals surface area contributed by atoms with Crippen molar-refractivity contribution in [3.63, 3.8) is 0 Å². The topological polar surface area (TPSA) is 15.3 Å². The van der Waals surface area contributed by atoms with E-state index in [2.05, 4.69) is 36.5 Å². The fraction of sp³-hybridized carbons (Fsp3) is 0.750. The maximum Gasteiger partial charge on any atom is 0.0135 e. The highest BCUT2D eigenvalue weighted by Crippen LogP contribution is 1.71. The normalized spacial score (nSPS) is 11.6. The van der Waals surface area contributed by atoms with E-state index in [1.165, 1.54) is 0 Å². The van der Waals surface area contributed by atoms with Crippen molar-refractivity contribution in [3.05, 3.63) is 12.2 Å². The maximum absolute atomic E-state index is 3.29. The van der Waals surface area contributed by atoms with Gasteiger partial charge in [0.2, 0.25) is 0 Å². The van der Waals surface area contributed by atoms with Crippen molar-refractivity contribution in [1.82, 2.24) is 10.2 Å². The highest BCUT2D eigenvalue weighted by Gasteiger charge is 1.85. The highest BCUT2D eigenvalue weighted by molar-refractivity contribution is 4.79. The largest absolute Gasteiger partial charge is 0.312 e. The van der Waals surface area contributed by atoms with Gasteiger partial charge in [0.1, 0.15) is 0 Å². The molecule has 0 spiro atoms. The van der Waals surface area contributed by atoms with Crippen LogP contribution in [0, 0.1) is 0 Å². The van der Waals surface area contributed by atoms with Crippen LogP contribution in [0.5, 0.6) is 0 Å². The molecule has 2 nitrogen and oxygen atoms in total. The molecule has 0 amide bonds. The lowest BCUT2D eigenvalue weighted by Gasteiger charge is -2.08. The lowest BCUT2D eigenvalue weighted by atomic mass is 10.5. The Kier molecular flexibility index (Phi) is 6.55. The van der Waals surface area contributed by atoms with Gasteiger partial charge in [-0.1, -0.05) is 12.2 Å². The van der Waals surface area contributed by atoms with Crippen LogP contribution in [0.15, 0.2) is 12.2 Å². The summed E-state index contributed by atoms with van der Waals surface area (Å²) >= 11 is 0. The number of nitrogens with one attached hydrogen (secondary N) is 1. The third-order valence-corrected chi connectivity index (χ3v) is 1.23. The molecule has 2 heteroatoms. The summed E-state index contributed by atoms with van der Waals surface area (Å²) in [5, 5.41) is 3.29. The van der Waals surface area contributed by atoms with E-state index in [-0.39, 0.29) is 0 Å². The van der Waals surface area contributed by atoms with E-state index < -0.39 is 0 Å². The van der Waals surface area contributed by atoms with Crippen molar-refractivity contribution in [3.8, 4) is 0 Å². The van der Waals surface area contributed by atoms with Gasteiger partial charge in [-0.05, 0) is 21.0 Å². The fourth-order valence-electron chi connectivity index (χ4n) is 0.606. The molecule has 0 saturated heterocycles. The van der Waals surface area contributed by atoms with Crippen LogP contribution in [0.4, 0.5) is 0 Å². The van der Waals surface area contributed by atoms with Gasteiger partial charge in [0.25, 0.3) is 0 Å². The molecule has 0 aromatic carbocycles. The quantitative estimate of drug-likeness (QED) is 0.449. The zero-order chi connectivity index (χ0) is 7.82. The summed E-state index contributed by atoms with van der Waals surface area (Å²) < 4.78 is 0. The molecule has 0 saturated carbocycles. The number of allylic oxidation sites excluding steroid dienone is 1. The van der Waals surface area contributed by atoms with E-state index in [9.17, 15) is 0 Å². The molecule has 0 unspecified atom stereocenters. The van der Waals surface area contributed by atoms with Crippen molar-refractivity contribution in [1.29, 1.82) is 0 Å². The molecule has 0 rings (SSSR count). The average Bonchev–Trinajstić information content (AvgIpc) is 1.87. The van der Waals surface area contributed by atoms with E-state index in [0.29, 0.717) is 0 Å². The van der Waals surface area contributed by atoms with Crippen molar-refractivity contribution in [2.75, 3.05) is 33.7 Å². The van der Waals surface area contributed by atoms with Gasteiger partial charge in [-0.25, -0.2) is 0 Å². The Hall–Kier alpha value is -0.340. The monoisotopic (exact) mass is 142 g/mol. The highest BCUT2D eigenvalue weighted by atomic mass is 15.1. The summed E-state index contributed by atoms with van der Waals surface area (Å²) in [7, 11) is 4.16. The third kappa shape index (κ3) is 7.66. The van der Waals surface area contributed by atoms with Gasteiger partial charge in [-0.3, -0.25) is 0 Å². The number of likely N-dealkylation sites (N-methyl/N-ethyl adjacent to an activating group) is 1. The first kappa shape index (κ1) is 9.66. The predicted molar refractivity (Wildman–Crippen MR) is 46.2 cm³/mol. The maximum atomic E-state index is 3.29. The zero-order valence-corrected chi connectivity index (χ0v) is 7.22. The first-order valence-corrected chi connectivity index (χ1v) is 3.74. The molecule has 0 aliphatic carbocycles. The molecule has 0 fully saturated rings. The van der Waals surface area contributed by atoms with E-state index in [1.54, 1.807) is 0 Å². The van der Waals surface area contributed by atoms with Crippen molar-refractivity contribution < 1.29 is 0 Å². The molecular weight excluding hydrogens is 124 g/mol. The Morgan fingerprint density at radius 2 is 2.10 bits per heavy atom. The number of hydrogen-bond acceptors (Lipinski definition) is 2. The second kappa shape index (κ2) is 6.78. The standard InChI is InChI=1S/C8H18N2/c1-4-5-6-9-7-8-10(2)3/h4-5,9H,6-8H2,1-3H3/b5-4+. The van der Waals surface area contributed by atoms with E-state index in [4.69, 9.17) is 0 Å². The Morgan fingerprint density at radius 1 is 1.40 bits per heavy atom. The van der Waals surface area contributed by atoms with Gasteiger partial charge >= 0.3 is 0 Å². The first-order valence-electron chi connectivity index (χ1n) is 3.74. The summed E-state index contributed by atoms with van der Waals surface area (Å²) in [5.74, 6) is 0. The molecule has 0 aromatic rings. The predicted octanol–water partition coefficient (Wildman–Crippen LogP) is 0.714. The van der Waals surface area contributed by atoms with Crippen molar-refractivity contribution >= 4 is 0 Å². The summed E-state index contributed by atoms with van der Waals surface area (Å²) in [6.45, 7) is 5.20. The zero-order valence-electron chi connectivity index (χ0n) is 7.22.